The molecular formula is C27H37N5O. The molecule has 3 saturated heterocycles. The first-order valence-corrected chi connectivity index (χ1v) is 12.7. The zero-order chi connectivity index (χ0) is 22.8. The summed E-state index contributed by atoms with van der Waals surface area (Å²) in [6.07, 6.45) is 7.09. The van der Waals surface area contributed by atoms with Crippen molar-refractivity contribution in [1.82, 2.24) is 19.8 Å². The third-order valence-corrected chi connectivity index (χ3v) is 7.65. The summed E-state index contributed by atoms with van der Waals surface area (Å²) in [6, 6.07) is 12.9. The van der Waals surface area contributed by atoms with Crippen LogP contribution in [0.1, 0.15) is 63.1 Å². The monoisotopic (exact) mass is 447 g/mol. The molecule has 0 unspecified atom stereocenters. The first-order chi connectivity index (χ1) is 16.0. The molecule has 2 aromatic rings. The minimum absolute atomic E-state index is 0.133. The van der Waals surface area contributed by atoms with Gasteiger partial charge in [-0.25, -0.2) is 9.97 Å². The summed E-state index contributed by atoms with van der Waals surface area (Å²) >= 11 is 0. The first-order valence-electron chi connectivity index (χ1n) is 12.7. The molecule has 0 aliphatic carbocycles. The molecule has 6 heteroatoms. The molecule has 6 nitrogen and oxygen atoms in total. The van der Waals surface area contributed by atoms with Crippen LogP contribution < -0.4 is 4.90 Å². The van der Waals surface area contributed by atoms with E-state index in [1.165, 1.54) is 18.4 Å². The Hall–Kier alpha value is -2.47. The normalized spacial score (nSPS) is 26.2. The van der Waals surface area contributed by atoms with E-state index in [0.29, 0.717) is 24.2 Å². The molecule has 1 amide bonds. The van der Waals surface area contributed by atoms with Crippen LogP contribution in [0.25, 0.3) is 0 Å². The average Bonchev–Trinajstić information content (AvgIpc) is 3.46. The molecule has 4 heterocycles. The summed E-state index contributed by atoms with van der Waals surface area (Å²) < 4.78 is 0. The van der Waals surface area contributed by atoms with Crippen LogP contribution in [0, 0.1) is 5.92 Å². The molecule has 0 radical (unpaired) electrons. The van der Waals surface area contributed by atoms with Crippen LogP contribution in [-0.4, -0.2) is 63.9 Å². The second-order valence-electron chi connectivity index (χ2n) is 10.5. The fourth-order valence-electron chi connectivity index (χ4n) is 6.22. The van der Waals surface area contributed by atoms with Gasteiger partial charge in [-0.05, 0) is 43.2 Å². The number of rotatable bonds is 6. The Labute approximate surface area is 198 Å². The Morgan fingerprint density at radius 3 is 2.64 bits per heavy atom. The molecule has 0 saturated carbocycles. The number of benzene rings is 1. The van der Waals surface area contributed by atoms with Crippen molar-refractivity contribution in [3.05, 3.63) is 53.9 Å². The molecule has 3 fully saturated rings. The zero-order valence-electron chi connectivity index (χ0n) is 20.1. The fourth-order valence-corrected chi connectivity index (χ4v) is 6.22. The van der Waals surface area contributed by atoms with Crippen LogP contribution in [0.3, 0.4) is 0 Å². The van der Waals surface area contributed by atoms with Gasteiger partial charge in [0.1, 0.15) is 0 Å². The lowest BCUT2D eigenvalue weighted by molar-refractivity contribution is -0.143. The minimum atomic E-state index is -0.133. The number of hydrogen-bond acceptors (Lipinski definition) is 5. The highest BCUT2D eigenvalue weighted by Gasteiger charge is 2.53. The second kappa shape index (κ2) is 9.41. The summed E-state index contributed by atoms with van der Waals surface area (Å²) in [5, 5.41) is 0. The van der Waals surface area contributed by atoms with Crippen LogP contribution >= 0.6 is 0 Å². The lowest BCUT2D eigenvalue weighted by Crippen LogP contribution is -2.59. The molecule has 2 atom stereocenters. The summed E-state index contributed by atoms with van der Waals surface area (Å²) in [5.74, 6) is 1.98. The summed E-state index contributed by atoms with van der Waals surface area (Å²) in [4.78, 5) is 29.8. The van der Waals surface area contributed by atoms with E-state index in [4.69, 9.17) is 4.98 Å². The van der Waals surface area contributed by atoms with Crippen molar-refractivity contribution in [3.8, 4) is 0 Å². The zero-order valence-corrected chi connectivity index (χ0v) is 20.1. The van der Waals surface area contributed by atoms with Gasteiger partial charge in [0, 0.05) is 57.8 Å². The van der Waals surface area contributed by atoms with Crippen LogP contribution in [0.5, 0.6) is 0 Å². The Morgan fingerprint density at radius 2 is 1.88 bits per heavy atom. The molecule has 1 aromatic carbocycles. The molecule has 176 valence electrons. The third-order valence-electron chi connectivity index (χ3n) is 7.65. The highest BCUT2D eigenvalue weighted by atomic mass is 16.2. The van der Waals surface area contributed by atoms with Crippen molar-refractivity contribution in [2.24, 2.45) is 5.92 Å². The number of amides is 1. The van der Waals surface area contributed by atoms with Gasteiger partial charge in [0.2, 0.25) is 11.9 Å². The topological polar surface area (TPSA) is 52.6 Å². The quantitative estimate of drug-likeness (QED) is 0.668. The van der Waals surface area contributed by atoms with Gasteiger partial charge in [0.05, 0.1) is 11.2 Å². The molecule has 5 rings (SSSR count). The van der Waals surface area contributed by atoms with Crippen LogP contribution in [0.15, 0.2) is 42.6 Å². The van der Waals surface area contributed by atoms with Crippen LogP contribution in [0.4, 0.5) is 5.95 Å². The van der Waals surface area contributed by atoms with Crippen molar-refractivity contribution in [2.45, 2.75) is 64.0 Å². The van der Waals surface area contributed by atoms with E-state index in [0.717, 1.165) is 63.8 Å². The second-order valence-corrected chi connectivity index (χ2v) is 10.5. The predicted octanol–water partition coefficient (Wildman–Crippen LogP) is 4.08. The number of carbonyl (C=O) groups is 1. The number of piperidine rings is 1. The molecule has 3 aliphatic rings. The summed E-state index contributed by atoms with van der Waals surface area (Å²) in [7, 11) is 0. The Kier molecular flexibility index (Phi) is 6.37. The van der Waals surface area contributed by atoms with Gasteiger partial charge >= 0.3 is 0 Å². The number of aromatic nitrogens is 2. The van der Waals surface area contributed by atoms with Gasteiger partial charge in [-0.1, -0.05) is 44.2 Å². The maximum Gasteiger partial charge on any atom is 0.225 e. The SMILES string of the molecule is CC(C)CN1C(=O)CCC[C@]12CN(Cc1ccnc(N3CCCC3)n1)C[C@H]2c1ccccc1. The number of anilines is 1. The van der Waals surface area contributed by atoms with E-state index >= 15 is 0 Å². The van der Waals surface area contributed by atoms with E-state index in [1.807, 2.05) is 6.20 Å². The van der Waals surface area contributed by atoms with Crippen molar-refractivity contribution >= 4 is 11.9 Å². The number of nitrogens with zero attached hydrogens (tertiary/aromatic N) is 5. The van der Waals surface area contributed by atoms with E-state index in [1.54, 1.807) is 0 Å². The van der Waals surface area contributed by atoms with Gasteiger partial charge in [0.15, 0.2) is 0 Å². The van der Waals surface area contributed by atoms with Crippen molar-refractivity contribution in [1.29, 1.82) is 0 Å². The standard InChI is InChI=1S/C27H37N5O/c1-21(2)17-32-25(33)11-8-13-27(32)20-30(19-24(27)22-9-4-3-5-10-22)18-23-12-14-28-26(29-23)31-15-6-7-16-31/h3-5,9-10,12,14,21,24H,6-8,11,13,15-20H2,1-2H3/t24-,27+/m0/s1. The Morgan fingerprint density at radius 1 is 1.09 bits per heavy atom. The van der Waals surface area contributed by atoms with Gasteiger partial charge in [0.25, 0.3) is 0 Å². The van der Waals surface area contributed by atoms with Crippen LogP contribution in [0.2, 0.25) is 0 Å². The molecular weight excluding hydrogens is 410 g/mol. The van der Waals surface area contributed by atoms with E-state index in [2.05, 4.69) is 69.9 Å². The van der Waals surface area contributed by atoms with Gasteiger partial charge in [-0.2, -0.15) is 0 Å². The smallest absolute Gasteiger partial charge is 0.225 e. The number of carbonyl (C=O) groups excluding carboxylic acids is 1. The summed E-state index contributed by atoms with van der Waals surface area (Å²) in [6.45, 7) is 10.1. The molecule has 1 aromatic heterocycles. The van der Waals surface area contributed by atoms with Gasteiger partial charge in [-0.3, -0.25) is 9.69 Å². The Balaban J connectivity index is 1.44. The molecule has 3 aliphatic heterocycles. The maximum absolute atomic E-state index is 13.2. The molecule has 0 bridgehead atoms. The van der Waals surface area contributed by atoms with E-state index < -0.39 is 0 Å². The lowest BCUT2D eigenvalue weighted by Gasteiger charge is -2.49. The van der Waals surface area contributed by atoms with Crippen molar-refractivity contribution in [3.63, 3.8) is 0 Å². The average molecular weight is 448 g/mol. The predicted molar refractivity (Wildman–Crippen MR) is 131 cm³/mol. The maximum atomic E-state index is 13.2. The fraction of sp³-hybridized carbons (Fsp3) is 0.593. The van der Waals surface area contributed by atoms with E-state index in [9.17, 15) is 4.79 Å². The molecule has 1 spiro atoms. The van der Waals surface area contributed by atoms with Crippen molar-refractivity contribution in [2.75, 3.05) is 37.6 Å². The minimum Gasteiger partial charge on any atom is -0.341 e. The third kappa shape index (κ3) is 4.50. The van der Waals surface area contributed by atoms with Gasteiger partial charge in [-0.15, -0.1) is 0 Å². The molecule has 0 N–H and O–H groups in total. The van der Waals surface area contributed by atoms with E-state index in [-0.39, 0.29) is 5.54 Å². The van der Waals surface area contributed by atoms with Gasteiger partial charge < -0.3 is 9.80 Å². The lowest BCUT2D eigenvalue weighted by atomic mass is 9.74. The van der Waals surface area contributed by atoms with Crippen LogP contribution in [-0.2, 0) is 11.3 Å². The Bertz CT molecular complexity index is 958. The number of likely N-dealkylation sites (tertiary alicyclic amines) is 2. The highest BCUT2D eigenvalue weighted by molar-refractivity contribution is 5.78. The summed E-state index contributed by atoms with van der Waals surface area (Å²) in [5.41, 5.74) is 2.29. The largest absolute Gasteiger partial charge is 0.341 e. The van der Waals surface area contributed by atoms with Crippen molar-refractivity contribution < 1.29 is 4.79 Å². The number of hydrogen-bond donors (Lipinski definition) is 0. The molecule has 33 heavy (non-hydrogen) atoms. The highest BCUT2D eigenvalue weighted by Crippen LogP contribution is 2.46. The first kappa shape index (κ1) is 22.3.